The molecule has 110 valence electrons. The van der Waals surface area contributed by atoms with Gasteiger partial charge in [0, 0.05) is 18.0 Å². The lowest BCUT2D eigenvalue weighted by atomic mass is 10.2. The Kier molecular flexibility index (Phi) is 4.37. The zero-order valence-corrected chi connectivity index (χ0v) is 12.4. The molecule has 0 unspecified atom stereocenters. The number of rotatable bonds is 4. The van der Waals surface area contributed by atoms with E-state index in [1.54, 1.807) is 46.3 Å². The number of carbonyl (C=O) groups is 1. The monoisotopic (exact) mass is 287 g/mol. The lowest BCUT2D eigenvalue weighted by molar-refractivity contribution is 0.102. The maximum absolute atomic E-state index is 12.2. The van der Waals surface area contributed by atoms with Crippen LogP contribution in [0.1, 0.15) is 21.9 Å². The summed E-state index contributed by atoms with van der Waals surface area (Å²) in [6.07, 6.45) is 1.52. The average molecular weight is 287 g/mol. The molecule has 0 aliphatic carbocycles. The molecule has 1 amide bonds. The van der Waals surface area contributed by atoms with Crippen LogP contribution in [0.3, 0.4) is 0 Å². The van der Waals surface area contributed by atoms with Crippen LogP contribution in [0.4, 0.5) is 5.69 Å². The molecule has 0 radical (unpaired) electrons. The van der Waals surface area contributed by atoms with Gasteiger partial charge in [-0.25, -0.2) is 9.97 Å². The molecule has 0 aliphatic heterocycles. The number of carbonyl (C=O) groups excluding carboxylic acids is 1. The van der Waals surface area contributed by atoms with E-state index in [4.69, 9.17) is 9.47 Å². The Hall–Kier alpha value is -2.63. The van der Waals surface area contributed by atoms with Gasteiger partial charge in [0.2, 0.25) is 0 Å². The second-order valence-corrected chi connectivity index (χ2v) is 4.44. The van der Waals surface area contributed by atoms with Crippen molar-refractivity contribution in [3.8, 4) is 11.5 Å². The standard InChI is InChI=1S/C15H17N3O3/c1-9-12(8-16-10(2)17-9)15(19)18-11-5-6-13(20-3)14(7-11)21-4/h5-8H,1-4H3,(H,18,19). The number of methoxy groups -OCH3 is 2. The first kappa shape index (κ1) is 14.8. The predicted octanol–water partition coefficient (Wildman–Crippen LogP) is 2.36. The molecule has 0 aliphatic rings. The number of hydrogen-bond donors (Lipinski definition) is 1. The summed E-state index contributed by atoms with van der Waals surface area (Å²) in [6.45, 7) is 3.56. The summed E-state index contributed by atoms with van der Waals surface area (Å²) in [5.41, 5.74) is 1.69. The van der Waals surface area contributed by atoms with Gasteiger partial charge in [0.05, 0.1) is 25.5 Å². The van der Waals surface area contributed by atoms with Crippen LogP contribution in [0.25, 0.3) is 0 Å². The summed E-state index contributed by atoms with van der Waals surface area (Å²) in [7, 11) is 3.10. The van der Waals surface area contributed by atoms with Crippen LogP contribution in [-0.4, -0.2) is 30.1 Å². The first-order valence-electron chi connectivity index (χ1n) is 6.38. The molecule has 6 heteroatoms. The molecule has 1 heterocycles. The highest BCUT2D eigenvalue weighted by molar-refractivity contribution is 6.04. The maximum Gasteiger partial charge on any atom is 0.259 e. The van der Waals surface area contributed by atoms with Gasteiger partial charge < -0.3 is 14.8 Å². The van der Waals surface area contributed by atoms with Gasteiger partial charge in [-0.1, -0.05) is 0 Å². The van der Waals surface area contributed by atoms with E-state index in [1.165, 1.54) is 6.20 Å². The van der Waals surface area contributed by atoms with Crippen molar-refractivity contribution >= 4 is 11.6 Å². The summed E-state index contributed by atoms with van der Waals surface area (Å²) in [4.78, 5) is 20.5. The molecule has 0 spiro atoms. The molecule has 0 bridgehead atoms. The number of benzene rings is 1. The highest BCUT2D eigenvalue weighted by atomic mass is 16.5. The molecule has 2 rings (SSSR count). The molecule has 21 heavy (non-hydrogen) atoms. The molecule has 2 aromatic rings. The minimum atomic E-state index is -0.264. The minimum Gasteiger partial charge on any atom is -0.493 e. The normalized spacial score (nSPS) is 10.1. The molecule has 6 nitrogen and oxygen atoms in total. The summed E-state index contributed by atoms with van der Waals surface area (Å²) in [6, 6.07) is 5.16. The Labute approximate surface area is 123 Å². The van der Waals surface area contributed by atoms with Crippen LogP contribution in [0.2, 0.25) is 0 Å². The number of hydrogen-bond acceptors (Lipinski definition) is 5. The van der Waals surface area contributed by atoms with Gasteiger partial charge >= 0.3 is 0 Å². The topological polar surface area (TPSA) is 73.3 Å². The van der Waals surface area contributed by atoms with Crippen LogP contribution in [0.15, 0.2) is 24.4 Å². The summed E-state index contributed by atoms with van der Waals surface area (Å²) < 4.78 is 10.4. The molecule has 0 atom stereocenters. The largest absolute Gasteiger partial charge is 0.493 e. The van der Waals surface area contributed by atoms with Crippen molar-refractivity contribution in [2.75, 3.05) is 19.5 Å². The van der Waals surface area contributed by atoms with Crippen molar-refractivity contribution in [3.63, 3.8) is 0 Å². The van der Waals surface area contributed by atoms with Crippen molar-refractivity contribution in [1.29, 1.82) is 0 Å². The number of amides is 1. The van der Waals surface area contributed by atoms with Crippen molar-refractivity contribution < 1.29 is 14.3 Å². The molecule has 0 saturated heterocycles. The van der Waals surface area contributed by atoms with Gasteiger partial charge in [0.15, 0.2) is 11.5 Å². The zero-order chi connectivity index (χ0) is 15.4. The molecule has 0 saturated carbocycles. The Morgan fingerprint density at radius 1 is 1.14 bits per heavy atom. The molecule has 1 aromatic heterocycles. The second kappa shape index (κ2) is 6.21. The van der Waals surface area contributed by atoms with Crippen molar-refractivity contribution in [2.24, 2.45) is 0 Å². The third-order valence-corrected chi connectivity index (χ3v) is 2.99. The lowest BCUT2D eigenvalue weighted by Gasteiger charge is -2.11. The molecular formula is C15H17N3O3. The van der Waals surface area contributed by atoms with Gasteiger partial charge in [0.25, 0.3) is 5.91 Å². The van der Waals surface area contributed by atoms with E-state index >= 15 is 0 Å². The Morgan fingerprint density at radius 2 is 1.86 bits per heavy atom. The number of aromatic nitrogens is 2. The lowest BCUT2D eigenvalue weighted by Crippen LogP contribution is -2.15. The van der Waals surface area contributed by atoms with Crippen LogP contribution >= 0.6 is 0 Å². The SMILES string of the molecule is COc1ccc(NC(=O)c2cnc(C)nc2C)cc1OC. The van der Waals surface area contributed by atoms with E-state index in [2.05, 4.69) is 15.3 Å². The minimum absolute atomic E-state index is 0.264. The average Bonchev–Trinajstić information content (AvgIpc) is 2.46. The van der Waals surface area contributed by atoms with Crippen LogP contribution in [-0.2, 0) is 0 Å². The quantitative estimate of drug-likeness (QED) is 0.934. The van der Waals surface area contributed by atoms with Gasteiger partial charge in [-0.05, 0) is 26.0 Å². The number of ether oxygens (including phenoxy) is 2. The first-order chi connectivity index (χ1) is 10.0. The van der Waals surface area contributed by atoms with Gasteiger partial charge in [-0.3, -0.25) is 4.79 Å². The summed E-state index contributed by atoms with van der Waals surface area (Å²) in [5, 5.41) is 2.79. The van der Waals surface area contributed by atoms with E-state index in [-0.39, 0.29) is 5.91 Å². The highest BCUT2D eigenvalue weighted by Gasteiger charge is 2.12. The van der Waals surface area contributed by atoms with Gasteiger partial charge in [0.1, 0.15) is 5.82 Å². The van der Waals surface area contributed by atoms with Crippen LogP contribution in [0, 0.1) is 13.8 Å². The van der Waals surface area contributed by atoms with Gasteiger partial charge in [-0.2, -0.15) is 0 Å². The van der Waals surface area contributed by atoms with Crippen LogP contribution < -0.4 is 14.8 Å². The number of anilines is 1. The fourth-order valence-electron chi connectivity index (χ4n) is 1.92. The Balaban J connectivity index is 2.23. The maximum atomic E-state index is 12.2. The molecule has 0 fully saturated rings. The van der Waals surface area contributed by atoms with E-state index in [1.807, 2.05) is 0 Å². The fraction of sp³-hybridized carbons (Fsp3) is 0.267. The molecule has 1 N–H and O–H groups in total. The molecule has 1 aromatic carbocycles. The number of nitrogens with zero attached hydrogens (tertiary/aromatic N) is 2. The van der Waals surface area contributed by atoms with E-state index in [0.29, 0.717) is 34.3 Å². The number of aryl methyl sites for hydroxylation is 2. The number of nitrogens with one attached hydrogen (secondary N) is 1. The fourth-order valence-corrected chi connectivity index (χ4v) is 1.92. The zero-order valence-electron chi connectivity index (χ0n) is 12.4. The van der Waals surface area contributed by atoms with E-state index in [0.717, 1.165) is 0 Å². The first-order valence-corrected chi connectivity index (χ1v) is 6.38. The Bertz CT molecular complexity index is 671. The molecular weight excluding hydrogens is 270 g/mol. The van der Waals surface area contributed by atoms with Crippen molar-refractivity contribution in [1.82, 2.24) is 9.97 Å². The highest BCUT2D eigenvalue weighted by Crippen LogP contribution is 2.29. The summed E-state index contributed by atoms with van der Waals surface area (Å²) in [5.74, 6) is 1.52. The van der Waals surface area contributed by atoms with Crippen molar-refractivity contribution in [2.45, 2.75) is 13.8 Å². The predicted molar refractivity (Wildman–Crippen MR) is 79.0 cm³/mol. The smallest absolute Gasteiger partial charge is 0.259 e. The second-order valence-electron chi connectivity index (χ2n) is 4.44. The van der Waals surface area contributed by atoms with Crippen molar-refractivity contribution in [3.05, 3.63) is 41.5 Å². The van der Waals surface area contributed by atoms with E-state index < -0.39 is 0 Å². The van der Waals surface area contributed by atoms with E-state index in [9.17, 15) is 4.79 Å². The Morgan fingerprint density at radius 3 is 2.48 bits per heavy atom. The third kappa shape index (κ3) is 3.28. The summed E-state index contributed by atoms with van der Waals surface area (Å²) >= 11 is 0. The third-order valence-electron chi connectivity index (χ3n) is 2.99. The van der Waals surface area contributed by atoms with Crippen LogP contribution in [0.5, 0.6) is 11.5 Å². The van der Waals surface area contributed by atoms with Gasteiger partial charge in [-0.15, -0.1) is 0 Å².